The van der Waals surface area contributed by atoms with E-state index in [2.05, 4.69) is 10.6 Å². The number of nitrogens with zero attached hydrogens (tertiary/aromatic N) is 1. The van der Waals surface area contributed by atoms with Crippen molar-refractivity contribution in [1.29, 1.82) is 0 Å². The number of nitrogens with one attached hydrogen (secondary N) is 2. The number of hydrogen-bond donors (Lipinski definition) is 2. The third-order valence-electron chi connectivity index (χ3n) is 6.08. The van der Waals surface area contributed by atoms with Crippen LogP contribution in [0, 0.1) is 0 Å². The molecule has 2 aliphatic rings. The van der Waals surface area contributed by atoms with Gasteiger partial charge in [0, 0.05) is 5.69 Å². The lowest BCUT2D eigenvalue weighted by atomic mass is 9.91. The Balaban J connectivity index is 1.20. The predicted octanol–water partition coefficient (Wildman–Crippen LogP) is 3.44. The van der Waals surface area contributed by atoms with Gasteiger partial charge in [0.15, 0.2) is 11.5 Å². The summed E-state index contributed by atoms with van der Waals surface area (Å²) in [6.07, 6.45) is 0. The fourth-order valence-corrected chi connectivity index (χ4v) is 4.11. The number of carbonyl (C=O) groups excluding carboxylic acids is 3. The number of carbonyl (C=O) groups is 3. The molecule has 5 rings (SSSR count). The highest BCUT2D eigenvalue weighted by molar-refractivity contribution is 6.10. The number of anilines is 1. The van der Waals surface area contributed by atoms with Crippen LogP contribution in [0.25, 0.3) is 0 Å². The van der Waals surface area contributed by atoms with Crippen LogP contribution in [0.4, 0.5) is 10.5 Å². The number of rotatable bonds is 7. The van der Waals surface area contributed by atoms with E-state index in [1.54, 1.807) is 49.4 Å². The van der Waals surface area contributed by atoms with Crippen molar-refractivity contribution in [2.24, 2.45) is 0 Å². The van der Waals surface area contributed by atoms with Gasteiger partial charge in [0.2, 0.25) is 5.91 Å². The zero-order valence-corrected chi connectivity index (χ0v) is 19.7. The molecule has 0 saturated carbocycles. The number of urea groups is 1. The maximum absolute atomic E-state index is 13.2. The Bertz CT molecular complexity index is 1290. The Hall–Kier alpha value is -4.53. The molecule has 4 amide bonds. The fourth-order valence-electron chi connectivity index (χ4n) is 4.11. The van der Waals surface area contributed by atoms with Crippen molar-refractivity contribution in [1.82, 2.24) is 10.2 Å². The van der Waals surface area contributed by atoms with Crippen molar-refractivity contribution >= 4 is 23.5 Å². The molecular formula is C27H25N3O6. The van der Waals surface area contributed by atoms with E-state index in [9.17, 15) is 14.4 Å². The van der Waals surface area contributed by atoms with E-state index < -0.39 is 29.9 Å². The van der Waals surface area contributed by atoms with E-state index in [1.165, 1.54) is 0 Å². The normalized spacial score (nSPS) is 18.5. The van der Waals surface area contributed by atoms with E-state index in [0.717, 1.165) is 10.5 Å². The Kier molecular flexibility index (Phi) is 6.20. The standard InChI is InChI=1S/C27H25N3O6/c1-27(19-7-12-22-23(15-19)35-14-13-34-22)25(32)30(26(33)29-27)16-24(31)28-20-8-10-21(11-9-20)36-17-18-5-3-2-4-6-18/h2-12,15H,13-14,16-17H2,1H3,(H,28,31)(H,29,33). The van der Waals surface area contributed by atoms with Gasteiger partial charge in [-0.05, 0) is 54.4 Å². The highest BCUT2D eigenvalue weighted by Crippen LogP contribution is 2.36. The molecule has 2 aliphatic heterocycles. The Morgan fingerprint density at radius 2 is 1.72 bits per heavy atom. The smallest absolute Gasteiger partial charge is 0.325 e. The fraction of sp³-hybridized carbons (Fsp3) is 0.222. The second-order valence-corrected chi connectivity index (χ2v) is 8.65. The molecule has 0 spiro atoms. The largest absolute Gasteiger partial charge is 0.489 e. The maximum Gasteiger partial charge on any atom is 0.325 e. The topological polar surface area (TPSA) is 106 Å². The third kappa shape index (κ3) is 4.68. The van der Waals surface area contributed by atoms with Crippen LogP contribution in [-0.2, 0) is 21.7 Å². The summed E-state index contributed by atoms with van der Waals surface area (Å²) >= 11 is 0. The first-order chi connectivity index (χ1) is 17.4. The summed E-state index contributed by atoms with van der Waals surface area (Å²) in [5.41, 5.74) is 0.782. The molecule has 0 bridgehead atoms. The van der Waals surface area contributed by atoms with Gasteiger partial charge in [0.25, 0.3) is 5.91 Å². The minimum atomic E-state index is -1.33. The first kappa shape index (κ1) is 23.2. The van der Waals surface area contributed by atoms with Crippen LogP contribution in [0.1, 0.15) is 18.1 Å². The minimum Gasteiger partial charge on any atom is -0.489 e. The number of hydrogen-bond acceptors (Lipinski definition) is 6. The molecule has 3 aromatic rings. The summed E-state index contributed by atoms with van der Waals surface area (Å²) in [6, 6.07) is 21.1. The van der Waals surface area contributed by atoms with Crippen molar-refractivity contribution in [2.75, 3.05) is 25.1 Å². The molecule has 9 heteroatoms. The molecule has 1 saturated heterocycles. The number of amides is 4. The second kappa shape index (κ2) is 9.61. The molecule has 1 unspecified atom stereocenters. The highest BCUT2D eigenvalue weighted by Gasteiger charge is 2.49. The van der Waals surface area contributed by atoms with Gasteiger partial charge in [-0.2, -0.15) is 0 Å². The molecule has 0 aliphatic carbocycles. The summed E-state index contributed by atoms with van der Waals surface area (Å²) in [6.45, 7) is 2.47. The van der Waals surface area contributed by atoms with E-state index in [0.29, 0.717) is 48.3 Å². The number of imide groups is 1. The summed E-state index contributed by atoms with van der Waals surface area (Å²) < 4.78 is 16.9. The van der Waals surface area contributed by atoms with Crippen molar-refractivity contribution in [3.05, 3.63) is 83.9 Å². The number of benzene rings is 3. The van der Waals surface area contributed by atoms with E-state index >= 15 is 0 Å². The van der Waals surface area contributed by atoms with Gasteiger partial charge in [-0.25, -0.2) is 4.79 Å². The van der Waals surface area contributed by atoms with Crippen LogP contribution in [-0.4, -0.2) is 42.5 Å². The monoisotopic (exact) mass is 487 g/mol. The molecular weight excluding hydrogens is 462 g/mol. The van der Waals surface area contributed by atoms with Crippen LogP contribution < -0.4 is 24.8 Å². The van der Waals surface area contributed by atoms with Crippen LogP contribution in [0.3, 0.4) is 0 Å². The summed E-state index contributed by atoms with van der Waals surface area (Å²) in [5, 5.41) is 5.42. The zero-order chi connectivity index (χ0) is 25.1. The van der Waals surface area contributed by atoms with Gasteiger partial charge >= 0.3 is 6.03 Å². The molecule has 3 aromatic carbocycles. The average molecular weight is 488 g/mol. The van der Waals surface area contributed by atoms with Gasteiger partial charge in [0.05, 0.1) is 0 Å². The lowest BCUT2D eigenvalue weighted by Crippen LogP contribution is -2.42. The molecule has 184 valence electrons. The van der Waals surface area contributed by atoms with Crippen LogP contribution in [0.5, 0.6) is 17.2 Å². The zero-order valence-electron chi connectivity index (χ0n) is 19.7. The van der Waals surface area contributed by atoms with Gasteiger partial charge in [-0.1, -0.05) is 36.4 Å². The maximum atomic E-state index is 13.2. The van der Waals surface area contributed by atoms with Gasteiger partial charge in [-0.3, -0.25) is 14.5 Å². The van der Waals surface area contributed by atoms with Crippen LogP contribution in [0.15, 0.2) is 72.8 Å². The summed E-state index contributed by atoms with van der Waals surface area (Å²) in [5.74, 6) is 0.723. The predicted molar refractivity (Wildman–Crippen MR) is 131 cm³/mol. The third-order valence-corrected chi connectivity index (χ3v) is 6.08. The Morgan fingerprint density at radius 3 is 2.47 bits per heavy atom. The number of ether oxygens (including phenoxy) is 3. The first-order valence-corrected chi connectivity index (χ1v) is 11.5. The molecule has 0 aromatic heterocycles. The molecule has 1 fully saturated rings. The van der Waals surface area contributed by atoms with Crippen molar-refractivity contribution in [3.63, 3.8) is 0 Å². The van der Waals surface area contributed by atoms with Gasteiger partial charge < -0.3 is 24.8 Å². The molecule has 9 nitrogen and oxygen atoms in total. The van der Waals surface area contributed by atoms with E-state index in [-0.39, 0.29) is 0 Å². The first-order valence-electron chi connectivity index (χ1n) is 11.5. The summed E-state index contributed by atoms with van der Waals surface area (Å²) in [7, 11) is 0. The lowest BCUT2D eigenvalue weighted by Gasteiger charge is -2.25. The Morgan fingerprint density at radius 1 is 1.00 bits per heavy atom. The van der Waals surface area contributed by atoms with Gasteiger partial charge in [0.1, 0.15) is 37.7 Å². The molecule has 2 N–H and O–H groups in total. The van der Waals surface area contributed by atoms with Crippen LogP contribution >= 0.6 is 0 Å². The van der Waals surface area contributed by atoms with Crippen LogP contribution in [0.2, 0.25) is 0 Å². The summed E-state index contributed by atoms with van der Waals surface area (Å²) in [4.78, 5) is 39.4. The number of fused-ring (bicyclic) bond motifs is 1. The van der Waals surface area contributed by atoms with E-state index in [4.69, 9.17) is 14.2 Å². The molecule has 36 heavy (non-hydrogen) atoms. The Labute approximate surface area is 208 Å². The van der Waals surface area contributed by atoms with E-state index in [1.807, 2.05) is 30.3 Å². The van der Waals surface area contributed by atoms with Crippen molar-refractivity contribution in [2.45, 2.75) is 19.1 Å². The van der Waals surface area contributed by atoms with Crippen molar-refractivity contribution < 1.29 is 28.6 Å². The molecule has 2 heterocycles. The van der Waals surface area contributed by atoms with Gasteiger partial charge in [-0.15, -0.1) is 0 Å². The highest BCUT2D eigenvalue weighted by atomic mass is 16.6. The van der Waals surface area contributed by atoms with Crippen molar-refractivity contribution in [3.8, 4) is 17.2 Å². The minimum absolute atomic E-state index is 0.403. The average Bonchev–Trinajstić information content (AvgIpc) is 3.12. The second-order valence-electron chi connectivity index (χ2n) is 8.65. The quantitative estimate of drug-likeness (QED) is 0.495. The lowest BCUT2D eigenvalue weighted by molar-refractivity contribution is -0.133. The SMILES string of the molecule is CC1(c2ccc3c(c2)OCCO3)NC(=O)N(CC(=O)Nc2ccc(OCc3ccccc3)cc2)C1=O. The molecule has 0 radical (unpaired) electrons. The molecule has 1 atom stereocenters.